The molecule has 0 amide bonds. The van der Waals surface area contributed by atoms with Crippen LogP contribution in [0.2, 0.25) is 0 Å². The van der Waals surface area contributed by atoms with Crippen molar-refractivity contribution in [2.75, 3.05) is 29.8 Å². The molecule has 206 valence electrons. The van der Waals surface area contributed by atoms with Crippen LogP contribution >= 0.6 is 31.9 Å². The summed E-state index contributed by atoms with van der Waals surface area (Å²) >= 11 is 6.23. The summed E-state index contributed by atoms with van der Waals surface area (Å²) < 4.78 is 103. The fraction of sp³-hybridized carbons (Fsp3) is 0.217. The van der Waals surface area contributed by atoms with Gasteiger partial charge in [0.15, 0.2) is 11.6 Å². The number of ether oxygens (including phenoxy) is 3. The van der Waals surface area contributed by atoms with Crippen molar-refractivity contribution in [2.24, 2.45) is 0 Å². The molecule has 0 saturated heterocycles. The Kier molecular flexibility index (Phi) is 9.49. The van der Waals surface area contributed by atoms with E-state index in [0.717, 1.165) is 30.3 Å². The molecule has 0 aromatic heterocycles. The highest BCUT2D eigenvalue weighted by atomic mass is 79.9. The molecule has 0 bridgehead atoms. The Morgan fingerprint density at radius 2 is 1.21 bits per heavy atom. The Balaban J connectivity index is 2.08. The van der Waals surface area contributed by atoms with Gasteiger partial charge in [-0.05, 0) is 56.3 Å². The predicted octanol–water partition coefficient (Wildman–Crippen LogP) is 5.90. The largest absolute Gasteiger partial charge is 0.495 e. The van der Waals surface area contributed by atoms with Gasteiger partial charge < -0.3 is 14.2 Å². The fourth-order valence-corrected chi connectivity index (χ4v) is 6.53. The lowest BCUT2D eigenvalue weighted by Crippen LogP contribution is -2.19. The van der Waals surface area contributed by atoms with Crippen LogP contribution in [-0.4, -0.2) is 37.2 Å². The third-order valence-electron chi connectivity index (χ3n) is 4.85. The smallest absolute Gasteiger partial charge is 0.265 e. The standard InChI is InChI=1S/C23H22Br2F2N2O7S2/c1-4-35-19-10-13(24)8-16(26)22(19)28-37(30,31)15-6-7-18(34-3)21(12-15)38(32,33)29-23-17(27)9-14(25)11-20(23)36-5-2/h6-12,28-29H,4-5H2,1-3H3. The molecule has 15 heteroatoms. The van der Waals surface area contributed by atoms with Crippen molar-refractivity contribution >= 4 is 63.3 Å². The van der Waals surface area contributed by atoms with Gasteiger partial charge in [-0.1, -0.05) is 31.9 Å². The Bertz CT molecular complexity index is 1570. The normalized spacial score (nSPS) is 11.7. The summed E-state index contributed by atoms with van der Waals surface area (Å²) in [6.45, 7) is 3.50. The van der Waals surface area contributed by atoms with Crippen molar-refractivity contribution in [1.82, 2.24) is 0 Å². The second-order valence-corrected chi connectivity index (χ2v) is 12.6. The third-order valence-corrected chi connectivity index (χ3v) is 8.48. The summed E-state index contributed by atoms with van der Waals surface area (Å²) in [5, 5.41) is 0. The lowest BCUT2D eigenvalue weighted by molar-refractivity contribution is 0.340. The van der Waals surface area contributed by atoms with E-state index < -0.39 is 52.8 Å². The molecule has 0 aliphatic rings. The number of sulfonamides is 2. The van der Waals surface area contributed by atoms with Crippen molar-refractivity contribution < 1.29 is 39.8 Å². The van der Waals surface area contributed by atoms with Crippen molar-refractivity contribution in [3.63, 3.8) is 0 Å². The molecule has 0 fully saturated rings. The van der Waals surface area contributed by atoms with E-state index in [-0.39, 0.29) is 30.5 Å². The first-order chi connectivity index (χ1) is 17.8. The molecule has 0 radical (unpaired) electrons. The summed E-state index contributed by atoms with van der Waals surface area (Å²) in [6, 6.07) is 7.80. The first-order valence-electron chi connectivity index (χ1n) is 10.8. The van der Waals surface area contributed by atoms with Crippen molar-refractivity contribution in [1.29, 1.82) is 0 Å². The second kappa shape index (κ2) is 12.1. The van der Waals surface area contributed by atoms with E-state index in [1.54, 1.807) is 13.8 Å². The molecule has 0 heterocycles. The van der Waals surface area contributed by atoms with Gasteiger partial charge in [0.05, 0.1) is 25.2 Å². The van der Waals surface area contributed by atoms with Crippen LogP contribution in [0.25, 0.3) is 0 Å². The average Bonchev–Trinajstić information content (AvgIpc) is 2.83. The van der Waals surface area contributed by atoms with Gasteiger partial charge in [0, 0.05) is 8.95 Å². The lowest BCUT2D eigenvalue weighted by atomic mass is 10.3. The molecule has 0 unspecified atom stereocenters. The number of hydrogen-bond acceptors (Lipinski definition) is 7. The molecule has 0 aliphatic heterocycles. The minimum absolute atomic E-state index is 0.0832. The fourth-order valence-electron chi connectivity index (χ4n) is 3.25. The molecule has 0 saturated carbocycles. The van der Waals surface area contributed by atoms with Gasteiger partial charge in [-0.2, -0.15) is 0 Å². The quantitative estimate of drug-likeness (QED) is 0.256. The van der Waals surface area contributed by atoms with E-state index in [4.69, 9.17) is 14.2 Å². The molecular formula is C23H22Br2F2N2O7S2. The van der Waals surface area contributed by atoms with Crippen LogP contribution in [0.15, 0.2) is 61.2 Å². The minimum Gasteiger partial charge on any atom is -0.495 e. The maximum absolute atomic E-state index is 14.7. The van der Waals surface area contributed by atoms with Crippen molar-refractivity contribution in [3.05, 3.63) is 63.0 Å². The van der Waals surface area contributed by atoms with E-state index in [1.807, 2.05) is 0 Å². The van der Waals surface area contributed by atoms with E-state index >= 15 is 0 Å². The van der Waals surface area contributed by atoms with Gasteiger partial charge in [-0.15, -0.1) is 0 Å². The van der Waals surface area contributed by atoms with Gasteiger partial charge >= 0.3 is 0 Å². The Labute approximate surface area is 235 Å². The van der Waals surface area contributed by atoms with Crippen LogP contribution in [0.5, 0.6) is 17.2 Å². The number of benzene rings is 3. The highest BCUT2D eigenvalue weighted by Crippen LogP contribution is 2.37. The first kappa shape index (κ1) is 29.9. The second-order valence-electron chi connectivity index (χ2n) is 7.41. The topological polar surface area (TPSA) is 120 Å². The van der Waals surface area contributed by atoms with Gasteiger partial charge in [0.2, 0.25) is 0 Å². The van der Waals surface area contributed by atoms with Crippen LogP contribution in [-0.2, 0) is 20.0 Å². The van der Waals surface area contributed by atoms with Crippen LogP contribution in [0, 0.1) is 11.6 Å². The number of hydrogen-bond donors (Lipinski definition) is 2. The van der Waals surface area contributed by atoms with Crippen LogP contribution in [0.3, 0.4) is 0 Å². The minimum atomic E-state index is -4.63. The van der Waals surface area contributed by atoms with Gasteiger partial charge in [-0.3, -0.25) is 9.44 Å². The van der Waals surface area contributed by atoms with E-state index in [1.165, 1.54) is 19.2 Å². The summed E-state index contributed by atoms with van der Waals surface area (Å²) in [5.41, 5.74) is -0.950. The molecule has 3 aromatic carbocycles. The van der Waals surface area contributed by atoms with Gasteiger partial charge in [0.1, 0.15) is 33.5 Å². The number of halogens is 4. The van der Waals surface area contributed by atoms with Gasteiger partial charge in [-0.25, -0.2) is 25.6 Å². The Hall–Kier alpha value is -2.62. The molecule has 3 aromatic rings. The zero-order valence-corrected chi connectivity index (χ0v) is 24.9. The van der Waals surface area contributed by atoms with Crippen molar-refractivity contribution in [3.8, 4) is 17.2 Å². The van der Waals surface area contributed by atoms with Crippen LogP contribution in [0.1, 0.15) is 13.8 Å². The number of methoxy groups -OCH3 is 1. The molecular weight excluding hydrogens is 678 g/mol. The molecule has 2 N–H and O–H groups in total. The summed E-state index contributed by atoms with van der Waals surface area (Å²) in [4.78, 5) is -1.15. The lowest BCUT2D eigenvalue weighted by Gasteiger charge is -2.17. The summed E-state index contributed by atoms with van der Waals surface area (Å²) in [5.74, 6) is -2.27. The summed E-state index contributed by atoms with van der Waals surface area (Å²) in [6.07, 6.45) is 0. The van der Waals surface area contributed by atoms with Crippen LogP contribution < -0.4 is 23.7 Å². The average molecular weight is 700 g/mol. The SMILES string of the molecule is CCOc1cc(Br)cc(F)c1NS(=O)(=O)c1ccc(OC)c(S(=O)(=O)Nc2c(F)cc(Br)cc2OCC)c1. The Morgan fingerprint density at radius 1 is 0.737 bits per heavy atom. The van der Waals surface area contributed by atoms with Crippen LogP contribution in [0.4, 0.5) is 20.2 Å². The molecule has 0 aliphatic carbocycles. The monoisotopic (exact) mass is 698 g/mol. The number of nitrogens with one attached hydrogen (secondary N) is 2. The highest BCUT2D eigenvalue weighted by Gasteiger charge is 2.28. The molecule has 3 rings (SSSR count). The molecule has 0 atom stereocenters. The third kappa shape index (κ3) is 6.68. The van der Waals surface area contributed by atoms with E-state index in [9.17, 15) is 25.6 Å². The molecule has 9 nitrogen and oxygen atoms in total. The Morgan fingerprint density at radius 3 is 1.66 bits per heavy atom. The number of rotatable bonds is 11. The summed E-state index contributed by atoms with van der Waals surface area (Å²) in [7, 11) is -7.99. The highest BCUT2D eigenvalue weighted by molar-refractivity contribution is 9.10. The zero-order chi connectivity index (χ0) is 28.3. The van der Waals surface area contributed by atoms with E-state index in [0.29, 0.717) is 8.95 Å². The molecule has 0 spiro atoms. The predicted molar refractivity (Wildman–Crippen MR) is 145 cm³/mol. The van der Waals surface area contributed by atoms with Crippen molar-refractivity contribution in [2.45, 2.75) is 23.6 Å². The van der Waals surface area contributed by atoms with E-state index in [2.05, 4.69) is 41.3 Å². The first-order valence-corrected chi connectivity index (χ1v) is 15.4. The van der Waals surface area contributed by atoms with Gasteiger partial charge in [0.25, 0.3) is 20.0 Å². The maximum atomic E-state index is 14.7. The zero-order valence-electron chi connectivity index (χ0n) is 20.1. The molecule has 38 heavy (non-hydrogen) atoms. The maximum Gasteiger partial charge on any atom is 0.265 e. The number of anilines is 2.